The molecule has 3 rings (SSSR count). The average Bonchev–Trinajstić information content (AvgIpc) is 2.65. The Hall–Kier alpha value is -2.89. The molecule has 0 spiro atoms. The van der Waals surface area contributed by atoms with Crippen LogP contribution in [0.5, 0.6) is 0 Å². The van der Waals surface area contributed by atoms with E-state index in [1.807, 2.05) is 56.3 Å². The molecule has 0 aromatic heterocycles. The molecule has 6 heteroatoms. The highest BCUT2D eigenvalue weighted by atomic mass is 16.2. The molecular weight excluding hydrogens is 342 g/mol. The fourth-order valence-corrected chi connectivity index (χ4v) is 3.38. The van der Waals surface area contributed by atoms with Gasteiger partial charge in [0.2, 0.25) is 17.7 Å². The van der Waals surface area contributed by atoms with Gasteiger partial charge in [0.1, 0.15) is 6.04 Å². The molecule has 0 bridgehead atoms. The molecule has 1 heterocycles. The van der Waals surface area contributed by atoms with Gasteiger partial charge in [0, 0.05) is 13.1 Å². The topological polar surface area (TPSA) is 78.5 Å². The zero-order valence-corrected chi connectivity index (χ0v) is 15.7. The van der Waals surface area contributed by atoms with E-state index in [4.69, 9.17) is 0 Å². The lowest BCUT2D eigenvalue weighted by atomic mass is 10.00. The Morgan fingerprint density at radius 2 is 1.89 bits per heavy atom. The van der Waals surface area contributed by atoms with E-state index in [-0.39, 0.29) is 36.6 Å². The molecule has 1 unspecified atom stereocenters. The third kappa shape index (κ3) is 4.45. The van der Waals surface area contributed by atoms with Gasteiger partial charge in [0.05, 0.1) is 13.0 Å². The third-order valence-electron chi connectivity index (χ3n) is 4.83. The number of amides is 3. The summed E-state index contributed by atoms with van der Waals surface area (Å²) < 4.78 is 0. The normalized spacial score (nSPS) is 15.5. The summed E-state index contributed by atoms with van der Waals surface area (Å²) in [4.78, 5) is 38.6. The second-order valence-electron chi connectivity index (χ2n) is 7.21. The van der Waals surface area contributed by atoms with Crippen LogP contribution in [-0.2, 0) is 20.8 Å². The van der Waals surface area contributed by atoms with E-state index in [0.717, 1.165) is 16.3 Å². The summed E-state index contributed by atoms with van der Waals surface area (Å²) in [5, 5.41) is 7.70. The van der Waals surface area contributed by atoms with Crippen LogP contribution in [0, 0.1) is 5.92 Å². The van der Waals surface area contributed by atoms with E-state index in [2.05, 4.69) is 10.6 Å². The largest absolute Gasteiger partial charge is 0.353 e. The van der Waals surface area contributed by atoms with Crippen LogP contribution in [0.1, 0.15) is 19.4 Å². The summed E-state index contributed by atoms with van der Waals surface area (Å²) in [7, 11) is 0. The minimum atomic E-state index is -0.640. The van der Waals surface area contributed by atoms with Crippen molar-refractivity contribution in [2.24, 2.45) is 5.92 Å². The van der Waals surface area contributed by atoms with Crippen LogP contribution in [0.25, 0.3) is 10.8 Å². The van der Waals surface area contributed by atoms with Crippen LogP contribution in [0.15, 0.2) is 42.5 Å². The van der Waals surface area contributed by atoms with Gasteiger partial charge in [0.15, 0.2) is 0 Å². The summed E-state index contributed by atoms with van der Waals surface area (Å²) in [5.41, 5.74) is 0.929. The molecule has 3 amide bonds. The van der Waals surface area contributed by atoms with Crippen molar-refractivity contribution < 1.29 is 14.4 Å². The number of nitrogens with zero attached hydrogens (tertiary/aromatic N) is 1. The number of hydrogen-bond donors (Lipinski definition) is 2. The molecule has 0 saturated carbocycles. The number of benzene rings is 2. The lowest BCUT2D eigenvalue weighted by Gasteiger charge is -2.32. The highest BCUT2D eigenvalue weighted by Gasteiger charge is 2.31. The van der Waals surface area contributed by atoms with Gasteiger partial charge in [0.25, 0.3) is 0 Å². The van der Waals surface area contributed by atoms with E-state index in [1.165, 1.54) is 4.90 Å². The second-order valence-corrected chi connectivity index (χ2v) is 7.21. The summed E-state index contributed by atoms with van der Waals surface area (Å²) in [6.45, 7) is 4.74. The standard InChI is InChI=1S/C21H25N3O3/c1-14(2)20(21(27)24-11-10-22-19(26)13-24)23-18(25)12-16-8-5-7-15-6-3-4-9-17(15)16/h3-9,14,20H,10-13H2,1-2H3,(H,22,26)(H,23,25). The van der Waals surface area contributed by atoms with E-state index in [0.29, 0.717) is 13.1 Å². The first-order valence-electron chi connectivity index (χ1n) is 9.27. The lowest BCUT2D eigenvalue weighted by molar-refractivity contribution is -0.142. The van der Waals surface area contributed by atoms with Crippen LogP contribution in [0.2, 0.25) is 0 Å². The van der Waals surface area contributed by atoms with Crippen molar-refractivity contribution in [3.8, 4) is 0 Å². The first-order chi connectivity index (χ1) is 13.0. The molecule has 1 aliphatic heterocycles. The molecule has 0 radical (unpaired) electrons. The summed E-state index contributed by atoms with van der Waals surface area (Å²) in [6.07, 6.45) is 0.207. The number of fused-ring (bicyclic) bond motifs is 1. The first-order valence-corrected chi connectivity index (χ1v) is 9.27. The SMILES string of the molecule is CC(C)C(NC(=O)Cc1cccc2ccccc12)C(=O)N1CCNC(=O)C1. The Balaban J connectivity index is 1.71. The molecule has 1 fully saturated rings. The second kappa shape index (κ2) is 8.20. The fraction of sp³-hybridized carbons (Fsp3) is 0.381. The molecule has 6 nitrogen and oxygen atoms in total. The number of carbonyl (C=O) groups excluding carboxylic acids is 3. The molecule has 27 heavy (non-hydrogen) atoms. The monoisotopic (exact) mass is 367 g/mol. The quantitative estimate of drug-likeness (QED) is 0.840. The van der Waals surface area contributed by atoms with Gasteiger partial charge in [-0.05, 0) is 22.3 Å². The number of rotatable bonds is 5. The van der Waals surface area contributed by atoms with Crippen LogP contribution in [-0.4, -0.2) is 48.3 Å². The van der Waals surface area contributed by atoms with E-state index >= 15 is 0 Å². The molecule has 1 saturated heterocycles. The highest BCUT2D eigenvalue weighted by Crippen LogP contribution is 2.19. The first kappa shape index (κ1) is 18.9. The van der Waals surface area contributed by atoms with Gasteiger partial charge < -0.3 is 15.5 Å². The van der Waals surface area contributed by atoms with Gasteiger partial charge in [-0.25, -0.2) is 0 Å². The van der Waals surface area contributed by atoms with E-state index in [9.17, 15) is 14.4 Å². The van der Waals surface area contributed by atoms with Crippen molar-refractivity contribution >= 4 is 28.5 Å². The van der Waals surface area contributed by atoms with Crippen molar-refractivity contribution in [2.45, 2.75) is 26.3 Å². The van der Waals surface area contributed by atoms with Crippen LogP contribution in [0.4, 0.5) is 0 Å². The molecule has 2 N–H and O–H groups in total. The number of carbonyl (C=O) groups is 3. The Labute approximate surface area is 158 Å². The van der Waals surface area contributed by atoms with Gasteiger partial charge in [-0.15, -0.1) is 0 Å². The van der Waals surface area contributed by atoms with Gasteiger partial charge in [-0.2, -0.15) is 0 Å². The van der Waals surface area contributed by atoms with Crippen LogP contribution < -0.4 is 10.6 Å². The maximum absolute atomic E-state index is 12.8. The summed E-state index contributed by atoms with van der Waals surface area (Å²) in [5.74, 6) is -0.635. The van der Waals surface area contributed by atoms with E-state index in [1.54, 1.807) is 0 Å². The molecule has 2 aromatic rings. The van der Waals surface area contributed by atoms with Crippen LogP contribution in [0.3, 0.4) is 0 Å². The van der Waals surface area contributed by atoms with Crippen molar-refractivity contribution in [2.75, 3.05) is 19.6 Å². The fourth-order valence-electron chi connectivity index (χ4n) is 3.38. The Morgan fingerprint density at radius 1 is 1.15 bits per heavy atom. The number of hydrogen-bond acceptors (Lipinski definition) is 3. The molecular formula is C21H25N3O3. The minimum absolute atomic E-state index is 0.0429. The number of nitrogens with one attached hydrogen (secondary N) is 2. The Morgan fingerprint density at radius 3 is 2.63 bits per heavy atom. The van der Waals surface area contributed by atoms with Crippen molar-refractivity contribution in [3.63, 3.8) is 0 Å². The van der Waals surface area contributed by atoms with Crippen LogP contribution >= 0.6 is 0 Å². The average molecular weight is 367 g/mol. The van der Waals surface area contributed by atoms with Crippen molar-refractivity contribution in [1.29, 1.82) is 0 Å². The molecule has 1 aliphatic rings. The Bertz CT molecular complexity index is 857. The van der Waals surface area contributed by atoms with Gasteiger partial charge in [-0.1, -0.05) is 56.3 Å². The summed E-state index contributed by atoms with van der Waals surface area (Å²) >= 11 is 0. The maximum atomic E-state index is 12.8. The number of piperazine rings is 1. The zero-order valence-electron chi connectivity index (χ0n) is 15.7. The van der Waals surface area contributed by atoms with Gasteiger partial charge in [-0.3, -0.25) is 14.4 Å². The smallest absolute Gasteiger partial charge is 0.245 e. The minimum Gasteiger partial charge on any atom is -0.353 e. The lowest BCUT2D eigenvalue weighted by Crippen LogP contribution is -2.57. The van der Waals surface area contributed by atoms with Crippen molar-refractivity contribution in [1.82, 2.24) is 15.5 Å². The third-order valence-corrected chi connectivity index (χ3v) is 4.83. The predicted octanol–water partition coefficient (Wildman–Crippen LogP) is 1.48. The van der Waals surface area contributed by atoms with Crippen molar-refractivity contribution in [3.05, 3.63) is 48.0 Å². The highest BCUT2D eigenvalue weighted by molar-refractivity contribution is 5.94. The molecule has 2 aromatic carbocycles. The van der Waals surface area contributed by atoms with Gasteiger partial charge >= 0.3 is 0 Å². The van der Waals surface area contributed by atoms with E-state index < -0.39 is 6.04 Å². The summed E-state index contributed by atoms with van der Waals surface area (Å²) in [6, 6.07) is 13.2. The molecule has 1 atom stereocenters. The maximum Gasteiger partial charge on any atom is 0.245 e. The molecule has 142 valence electrons. The zero-order chi connectivity index (χ0) is 19.4. The Kier molecular flexibility index (Phi) is 5.74. The predicted molar refractivity (Wildman–Crippen MR) is 104 cm³/mol. The molecule has 0 aliphatic carbocycles.